The first-order valence-electron chi connectivity index (χ1n) is 6.32. The Hall–Kier alpha value is -1.29. The second-order valence-corrected chi connectivity index (χ2v) is 4.81. The van der Waals surface area contributed by atoms with Crippen LogP contribution in [0.25, 0.3) is 0 Å². The summed E-state index contributed by atoms with van der Waals surface area (Å²) in [6, 6.07) is 11.1. The van der Waals surface area contributed by atoms with Crippen LogP contribution in [0.1, 0.15) is 50.2 Å². The quantitative estimate of drug-likeness (QED) is 0.694. The summed E-state index contributed by atoms with van der Waals surface area (Å²) in [4.78, 5) is 0. The van der Waals surface area contributed by atoms with Gasteiger partial charge in [0.15, 0.2) is 0 Å². The van der Waals surface area contributed by atoms with Crippen LogP contribution in [0, 0.1) is 11.3 Å². The van der Waals surface area contributed by atoms with Crippen molar-refractivity contribution in [2.75, 3.05) is 0 Å². The van der Waals surface area contributed by atoms with Crippen LogP contribution in [0.15, 0.2) is 24.3 Å². The topological polar surface area (TPSA) is 23.8 Å². The van der Waals surface area contributed by atoms with Gasteiger partial charge in [0.05, 0.1) is 11.5 Å². The van der Waals surface area contributed by atoms with E-state index in [1.165, 1.54) is 30.4 Å². The molecule has 0 N–H and O–H groups in total. The molecule has 0 heterocycles. The van der Waals surface area contributed by atoms with Gasteiger partial charge in [0.2, 0.25) is 0 Å². The number of benzene rings is 1. The number of nitrogens with zero attached hydrogens (tertiary/aromatic N) is 1. The van der Waals surface area contributed by atoms with Gasteiger partial charge in [-0.15, -0.1) is 0 Å². The van der Waals surface area contributed by atoms with Gasteiger partial charge in [-0.3, -0.25) is 0 Å². The highest BCUT2D eigenvalue weighted by Crippen LogP contribution is 2.42. The summed E-state index contributed by atoms with van der Waals surface area (Å²) in [7, 11) is 0. The van der Waals surface area contributed by atoms with E-state index in [4.69, 9.17) is 0 Å². The highest BCUT2D eigenvalue weighted by Gasteiger charge is 2.37. The summed E-state index contributed by atoms with van der Waals surface area (Å²) in [6.07, 6.45) is 6.78. The van der Waals surface area contributed by atoms with Crippen LogP contribution >= 0.6 is 0 Å². The summed E-state index contributed by atoms with van der Waals surface area (Å²) >= 11 is 0. The third-order valence-electron chi connectivity index (χ3n) is 3.78. The van der Waals surface area contributed by atoms with Crippen molar-refractivity contribution in [2.45, 2.75) is 50.9 Å². The van der Waals surface area contributed by atoms with Gasteiger partial charge in [-0.1, -0.05) is 50.5 Å². The normalized spacial score (nSPS) is 22.8. The van der Waals surface area contributed by atoms with E-state index >= 15 is 0 Å². The second kappa shape index (κ2) is 4.70. The third-order valence-corrected chi connectivity index (χ3v) is 3.78. The fourth-order valence-corrected chi connectivity index (χ4v) is 2.80. The summed E-state index contributed by atoms with van der Waals surface area (Å²) in [5.41, 5.74) is 2.51. The Morgan fingerprint density at radius 3 is 2.88 bits per heavy atom. The second-order valence-electron chi connectivity index (χ2n) is 4.81. The summed E-state index contributed by atoms with van der Waals surface area (Å²) in [5, 5.41) is 9.51. The molecule has 1 aliphatic carbocycles. The van der Waals surface area contributed by atoms with Gasteiger partial charge >= 0.3 is 0 Å². The van der Waals surface area contributed by atoms with Crippen molar-refractivity contribution in [2.24, 2.45) is 0 Å². The number of hydrogen-bond donors (Lipinski definition) is 0. The standard InChI is InChI=1S/C15H19N/c1-2-3-6-10-15(12-16)11-9-13-7-4-5-8-14(13)15/h4-5,7-8H,2-3,6,9-11H2,1H3. The minimum Gasteiger partial charge on any atom is -0.197 e. The Morgan fingerprint density at radius 1 is 1.31 bits per heavy atom. The number of aryl methyl sites for hydroxylation is 1. The maximum atomic E-state index is 9.51. The van der Waals surface area contributed by atoms with Crippen molar-refractivity contribution in [3.05, 3.63) is 35.4 Å². The molecule has 0 spiro atoms. The fourth-order valence-electron chi connectivity index (χ4n) is 2.80. The van der Waals surface area contributed by atoms with Crippen LogP contribution in [0.2, 0.25) is 0 Å². The molecular formula is C15H19N. The van der Waals surface area contributed by atoms with Crippen LogP contribution in [0.3, 0.4) is 0 Å². The van der Waals surface area contributed by atoms with E-state index in [0.29, 0.717) is 0 Å². The van der Waals surface area contributed by atoms with Crippen LogP contribution < -0.4 is 0 Å². The first-order chi connectivity index (χ1) is 7.82. The van der Waals surface area contributed by atoms with Crippen molar-refractivity contribution in [1.82, 2.24) is 0 Å². The molecular weight excluding hydrogens is 194 g/mol. The van der Waals surface area contributed by atoms with Crippen molar-refractivity contribution in [1.29, 1.82) is 5.26 Å². The molecule has 1 unspecified atom stereocenters. The van der Waals surface area contributed by atoms with Gasteiger partial charge in [0, 0.05) is 0 Å². The molecule has 84 valence electrons. The Bertz CT molecular complexity index is 402. The van der Waals surface area contributed by atoms with Crippen molar-refractivity contribution in [3.8, 4) is 6.07 Å². The average molecular weight is 213 g/mol. The number of nitriles is 1. The van der Waals surface area contributed by atoms with Crippen LogP contribution in [-0.4, -0.2) is 0 Å². The largest absolute Gasteiger partial charge is 0.197 e. The molecule has 0 radical (unpaired) electrons. The predicted molar refractivity (Wildman–Crippen MR) is 66.2 cm³/mol. The predicted octanol–water partition coefficient (Wildman–Crippen LogP) is 3.97. The molecule has 1 heteroatoms. The lowest BCUT2D eigenvalue weighted by molar-refractivity contribution is 0.468. The molecule has 1 aromatic rings. The molecule has 0 bridgehead atoms. The van der Waals surface area contributed by atoms with Crippen LogP contribution in [0.5, 0.6) is 0 Å². The summed E-state index contributed by atoms with van der Waals surface area (Å²) in [5.74, 6) is 0. The zero-order chi connectivity index (χ0) is 11.4. The van der Waals surface area contributed by atoms with Crippen LogP contribution in [-0.2, 0) is 11.8 Å². The van der Waals surface area contributed by atoms with Crippen molar-refractivity contribution < 1.29 is 0 Å². The van der Waals surface area contributed by atoms with E-state index in [0.717, 1.165) is 19.3 Å². The minimum absolute atomic E-state index is 0.175. The lowest BCUT2D eigenvalue weighted by Crippen LogP contribution is -2.20. The molecule has 1 nitrogen and oxygen atoms in total. The molecule has 2 rings (SSSR count). The third kappa shape index (κ3) is 1.85. The molecule has 0 saturated heterocycles. The van der Waals surface area contributed by atoms with Crippen molar-refractivity contribution >= 4 is 0 Å². The van der Waals surface area contributed by atoms with E-state index in [1.807, 2.05) is 0 Å². The number of rotatable bonds is 4. The Morgan fingerprint density at radius 2 is 2.12 bits per heavy atom. The highest BCUT2D eigenvalue weighted by atomic mass is 14.4. The van der Waals surface area contributed by atoms with Gasteiger partial charge in [0.25, 0.3) is 0 Å². The lowest BCUT2D eigenvalue weighted by atomic mass is 9.79. The maximum Gasteiger partial charge on any atom is 0.0828 e. The molecule has 16 heavy (non-hydrogen) atoms. The van der Waals surface area contributed by atoms with Gasteiger partial charge in [0.1, 0.15) is 0 Å². The summed E-state index contributed by atoms with van der Waals surface area (Å²) in [6.45, 7) is 2.21. The van der Waals surface area contributed by atoms with Gasteiger partial charge in [-0.05, 0) is 30.4 Å². The lowest BCUT2D eigenvalue weighted by Gasteiger charge is -2.21. The zero-order valence-corrected chi connectivity index (χ0v) is 10.00. The molecule has 0 amide bonds. The molecule has 0 saturated carbocycles. The van der Waals surface area contributed by atoms with E-state index < -0.39 is 0 Å². The zero-order valence-electron chi connectivity index (χ0n) is 10.00. The first kappa shape index (κ1) is 11.2. The number of fused-ring (bicyclic) bond motifs is 1. The smallest absolute Gasteiger partial charge is 0.0828 e. The Labute approximate surface area is 98.1 Å². The van der Waals surface area contributed by atoms with Gasteiger partial charge in [-0.25, -0.2) is 0 Å². The van der Waals surface area contributed by atoms with Crippen molar-refractivity contribution in [3.63, 3.8) is 0 Å². The van der Waals surface area contributed by atoms with Crippen LogP contribution in [0.4, 0.5) is 0 Å². The fraction of sp³-hybridized carbons (Fsp3) is 0.533. The highest BCUT2D eigenvalue weighted by molar-refractivity contribution is 5.43. The van der Waals surface area contributed by atoms with E-state index in [-0.39, 0.29) is 5.41 Å². The average Bonchev–Trinajstić information content (AvgIpc) is 2.70. The molecule has 0 aliphatic heterocycles. The maximum absolute atomic E-state index is 9.51. The van der Waals surface area contributed by atoms with E-state index in [2.05, 4.69) is 37.3 Å². The molecule has 0 fully saturated rings. The molecule has 1 atom stereocenters. The monoisotopic (exact) mass is 213 g/mol. The number of unbranched alkanes of at least 4 members (excludes halogenated alkanes) is 2. The first-order valence-corrected chi connectivity index (χ1v) is 6.32. The SMILES string of the molecule is CCCCCC1(C#N)CCc2ccccc21. The molecule has 0 aromatic heterocycles. The summed E-state index contributed by atoms with van der Waals surface area (Å²) < 4.78 is 0. The van der Waals surface area contributed by atoms with E-state index in [1.54, 1.807) is 0 Å². The number of hydrogen-bond acceptors (Lipinski definition) is 1. The Balaban J connectivity index is 2.21. The van der Waals surface area contributed by atoms with Gasteiger partial charge < -0.3 is 0 Å². The minimum atomic E-state index is -0.175. The van der Waals surface area contributed by atoms with E-state index in [9.17, 15) is 5.26 Å². The molecule has 1 aromatic carbocycles. The molecule has 1 aliphatic rings. The Kier molecular flexibility index (Phi) is 3.29. The van der Waals surface area contributed by atoms with Gasteiger partial charge in [-0.2, -0.15) is 5.26 Å².